The molecule has 1 unspecified atom stereocenters. The molecule has 1 saturated heterocycles. The molecular weight excluding hydrogens is 409 g/mol. The standard InChI is InChI=1S/C22H21ClFN3O3/c1-2-9-29-17-6-3-14(4-7-17)12-27-13-16(11-20(27)28)22-25-21(26-30-22)15-5-8-18(23)19(24)10-15/h3-8,10,16H,2,9,11-13H2,1H3. The molecule has 6 nitrogen and oxygen atoms in total. The first kappa shape index (κ1) is 20.3. The van der Waals surface area contributed by atoms with E-state index < -0.39 is 5.82 Å². The summed E-state index contributed by atoms with van der Waals surface area (Å²) in [5.74, 6) is 0.761. The Hall–Kier alpha value is -2.93. The maximum absolute atomic E-state index is 13.7. The number of likely N-dealkylation sites (tertiary alicyclic amines) is 1. The number of halogens is 2. The van der Waals surface area contributed by atoms with Crippen LogP contribution in [0.4, 0.5) is 4.39 Å². The molecular formula is C22H21ClFN3O3. The van der Waals surface area contributed by atoms with Crippen LogP contribution in [0, 0.1) is 5.82 Å². The molecule has 0 bridgehead atoms. The molecule has 2 aromatic carbocycles. The second-order valence-electron chi connectivity index (χ2n) is 7.25. The van der Waals surface area contributed by atoms with Crippen molar-refractivity contribution in [3.05, 3.63) is 64.8 Å². The van der Waals surface area contributed by atoms with Crippen LogP contribution in [0.15, 0.2) is 47.0 Å². The van der Waals surface area contributed by atoms with E-state index in [1.54, 1.807) is 11.0 Å². The van der Waals surface area contributed by atoms with E-state index in [4.69, 9.17) is 20.9 Å². The molecule has 0 aliphatic carbocycles. The van der Waals surface area contributed by atoms with E-state index in [-0.39, 0.29) is 22.7 Å². The molecule has 0 spiro atoms. The topological polar surface area (TPSA) is 68.5 Å². The molecule has 0 N–H and O–H groups in total. The van der Waals surface area contributed by atoms with Gasteiger partial charge in [-0.15, -0.1) is 0 Å². The van der Waals surface area contributed by atoms with Gasteiger partial charge in [-0.25, -0.2) is 4.39 Å². The number of aromatic nitrogens is 2. The molecule has 4 rings (SSSR count). The van der Waals surface area contributed by atoms with E-state index in [9.17, 15) is 9.18 Å². The average molecular weight is 430 g/mol. The summed E-state index contributed by atoms with van der Waals surface area (Å²) in [5, 5.41) is 3.96. The first-order valence-electron chi connectivity index (χ1n) is 9.82. The van der Waals surface area contributed by atoms with Gasteiger partial charge < -0.3 is 14.2 Å². The number of carbonyl (C=O) groups is 1. The fourth-order valence-corrected chi connectivity index (χ4v) is 3.49. The van der Waals surface area contributed by atoms with E-state index in [0.29, 0.717) is 37.6 Å². The van der Waals surface area contributed by atoms with Crippen LogP contribution in [-0.4, -0.2) is 34.1 Å². The molecule has 1 amide bonds. The third-order valence-electron chi connectivity index (χ3n) is 4.95. The Morgan fingerprint density at radius 1 is 1.27 bits per heavy atom. The lowest BCUT2D eigenvalue weighted by molar-refractivity contribution is -0.128. The van der Waals surface area contributed by atoms with Crippen molar-refractivity contribution < 1.29 is 18.4 Å². The Kier molecular flexibility index (Phi) is 5.99. The summed E-state index contributed by atoms with van der Waals surface area (Å²) in [5.41, 5.74) is 1.49. The van der Waals surface area contributed by atoms with E-state index in [1.807, 2.05) is 24.3 Å². The Labute approximate surface area is 178 Å². The lowest BCUT2D eigenvalue weighted by atomic mass is 10.1. The Morgan fingerprint density at radius 2 is 2.07 bits per heavy atom. The first-order valence-corrected chi connectivity index (χ1v) is 10.2. The zero-order valence-corrected chi connectivity index (χ0v) is 17.2. The maximum Gasteiger partial charge on any atom is 0.232 e. The van der Waals surface area contributed by atoms with E-state index in [1.165, 1.54) is 12.1 Å². The monoisotopic (exact) mass is 429 g/mol. The Morgan fingerprint density at radius 3 is 2.80 bits per heavy atom. The highest BCUT2D eigenvalue weighted by molar-refractivity contribution is 6.30. The number of hydrogen-bond donors (Lipinski definition) is 0. The molecule has 0 saturated carbocycles. The fraction of sp³-hybridized carbons (Fsp3) is 0.318. The van der Waals surface area contributed by atoms with Crippen molar-refractivity contribution in [2.45, 2.75) is 32.2 Å². The highest BCUT2D eigenvalue weighted by atomic mass is 35.5. The van der Waals surface area contributed by atoms with Gasteiger partial charge in [-0.2, -0.15) is 4.98 Å². The fourth-order valence-electron chi connectivity index (χ4n) is 3.38. The number of hydrogen-bond acceptors (Lipinski definition) is 5. The molecule has 0 radical (unpaired) electrons. The van der Waals surface area contributed by atoms with Gasteiger partial charge in [0.15, 0.2) is 0 Å². The molecule has 156 valence electrons. The smallest absolute Gasteiger partial charge is 0.232 e. The molecule has 1 fully saturated rings. The number of rotatable bonds is 7. The van der Waals surface area contributed by atoms with E-state index >= 15 is 0 Å². The number of benzene rings is 2. The summed E-state index contributed by atoms with van der Waals surface area (Å²) in [4.78, 5) is 18.6. The number of nitrogens with zero attached hydrogens (tertiary/aromatic N) is 3. The Balaban J connectivity index is 1.41. The van der Waals surface area contributed by atoms with Crippen molar-refractivity contribution in [2.75, 3.05) is 13.2 Å². The Bertz CT molecular complexity index is 1040. The van der Waals surface area contributed by atoms with Crippen LogP contribution >= 0.6 is 11.6 Å². The van der Waals surface area contributed by atoms with Gasteiger partial charge in [0.2, 0.25) is 17.6 Å². The second-order valence-corrected chi connectivity index (χ2v) is 7.66. The molecule has 8 heteroatoms. The summed E-state index contributed by atoms with van der Waals surface area (Å²) in [6.07, 6.45) is 1.25. The molecule has 3 aromatic rings. The van der Waals surface area contributed by atoms with Crippen LogP contribution in [0.1, 0.15) is 37.1 Å². The van der Waals surface area contributed by atoms with Gasteiger partial charge in [-0.05, 0) is 42.3 Å². The summed E-state index contributed by atoms with van der Waals surface area (Å²) in [7, 11) is 0. The van der Waals surface area contributed by atoms with Crippen LogP contribution in [0.25, 0.3) is 11.4 Å². The quantitative estimate of drug-likeness (QED) is 0.537. The maximum atomic E-state index is 13.7. The van der Waals surface area contributed by atoms with Gasteiger partial charge in [0, 0.05) is 25.1 Å². The van der Waals surface area contributed by atoms with Crippen molar-refractivity contribution in [3.63, 3.8) is 0 Å². The second kappa shape index (κ2) is 8.83. The zero-order chi connectivity index (χ0) is 21.1. The van der Waals surface area contributed by atoms with E-state index in [0.717, 1.165) is 17.7 Å². The van der Waals surface area contributed by atoms with Gasteiger partial charge in [0.1, 0.15) is 11.6 Å². The van der Waals surface area contributed by atoms with Crippen LogP contribution in [0.3, 0.4) is 0 Å². The summed E-state index contributed by atoms with van der Waals surface area (Å²) < 4.78 is 24.6. The van der Waals surface area contributed by atoms with Crippen LogP contribution < -0.4 is 4.74 Å². The van der Waals surface area contributed by atoms with Crippen LogP contribution in [0.5, 0.6) is 5.75 Å². The van der Waals surface area contributed by atoms with Gasteiger partial charge in [-0.1, -0.05) is 35.8 Å². The minimum atomic E-state index is -0.547. The minimum absolute atomic E-state index is 0.0311. The normalized spacial score (nSPS) is 16.3. The van der Waals surface area contributed by atoms with E-state index in [2.05, 4.69) is 17.1 Å². The van der Waals surface area contributed by atoms with Crippen LogP contribution in [0.2, 0.25) is 5.02 Å². The van der Waals surface area contributed by atoms with Crippen LogP contribution in [-0.2, 0) is 11.3 Å². The SMILES string of the molecule is CCCOc1ccc(CN2CC(c3nc(-c4ccc(Cl)c(F)c4)no3)CC2=O)cc1. The number of carbonyl (C=O) groups excluding carboxylic acids is 1. The molecule has 1 aromatic heterocycles. The number of ether oxygens (including phenoxy) is 1. The average Bonchev–Trinajstić information content (AvgIpc) is 3.37. The lowest BCUT2D eigenvalue weighted by Crippen LogP contribution is -2.24. The molecule has 1 aliphatic rings. The van der Waals surface area contributed by atoms with Crippen molar-refractivity contribution in [2.24, 2.45) is 0 Å². The van der Waals surface area contributed by atoms with Crippen molar-refractivity contribution in [1.82, 2.24) is 15.0 Å². The summed E-state index contributed by atoms with van der Waals surface area (Å²) >= 11 is 5.72. The van der Waals surface area contributed by atoms with Gasteiger partial charge >= 0.3 is 0 Å². The minimum Gasteiger partial charge on any atom is -0.494 e. The highest BCUT2D eigenvalue weighted by Gasteiger charge is 2.34. The third-order valence-corrected chi connectivity index (χ3v) is 5.26. The highest BCUT2D eigenvalue weighted by Crippen LogP contribution is 2.30. The summed E-state index contributed by atoms with van der Waals surface area (Å²) in [6, 6.07) is 12.1. The van der Waals surface area contributed by atoms with Crippen molar-refractivity contribution in [1.29, 1.82) is 0 Å². The lowest BCUT2D eigenvalue weighted by Gasteiger charge is -2.16. The molecule has 1 atom stereocenters. The van der Waals surface area contributed by atoms with Gasteiger partial charge in [0.25, 0.3) is 0 Å². The van der Waals surface area contributed by atoms with Crippen molar-refractivity contribution in [3.8, 4) is 17.1 Å². The molecule has 30 heavy (non-hydrogen) atoms. The zero-order valence-electron chi connectivity index (χ0n) is 16.5. The first-order chi connectivity index (χ1) is 14.5. The predicted octanol–water partition coefficient (Wildman–Crippen LogP) is 4.83. The summed E-state index contributed by atoms with van der Waals surface area (Å²) in [6.45, 7) is 3.74. The largest absolute Gasteiger partial charge is 0.494 e. The van der Waals surface area contributed by atoms with Crippen molar-refractivity contribution >= 4 is 17.5 Å². The molecule has 1 aliphatic heterocycles. The third kappa shape index (κ3) is 4.46. The van der Waals surface area contributed by atoms with Gasteiger partial charge in [0.05, 0.1) is 17.5 Å². The van der Waals surface area contributed by atoms with Gasteiger partial charge in [-0.3, -0.25) is 4.79 Å². The number of amides is 1. The predicted molar refractivity (Wildman–Crippen MR) is 110 cm³/mol. The molecule has 2 heterocycles.